The summed E-state index contributed by atoms with van der Waals surface area (Å²) < 4.78 is 26.7. The molecule has 4 rings (SSSR count). The number of fused-ring (bicyclic) bond motifs is 1. The second kappa shape index (κ2) is 6.68. The first-order chi connectivity index (χ1) is 12.6. The maximum absolute atomic E-state index is 14.3. The Morgan fingerprint density at radius 1 is 1.23 bits per heavy atom. The molecule has 8 heteroatoms. The number of imidazole rings is 1. The van der Waals surface area contributed by atoms with Crippen LogP contribution in [0.25, 0.3) is 5.69 Å². The molecule has 1 aliphatic rings. The Hall–Kier alpha value is -3.06. The number of nitrogens with one attached hydrogen (secondary N) is 1. The van der Waals surface area contributed by atoms with Crippen molar-refractivity contribution in [2.75, 3.05) is 18.5 Å². The number of halogens is 2. The highest BCUT2D eigenvalue weighted by molar-refractivity contribution is 6.32. The van der Waals surface area contributed by atoms with Crippen molar-refractivity contribution >= 4 is 23.2 Å². The van der Waals surface area contributed by atoms with Gasteiger partial charge in [0.1, 0.15) is 19.0 Å². The van der Waals surface area contributed by atoms with Crippen molar-refractivity contribution in [3.05, 3.63) is 65.5 Å². The molecule has 2 heterocycles. The van der Waals surface area contributed by atoms with Crippen LogP contribution >= 0.6 is 11.6 Å². The van der Waals surface area contributed by atoms with Crippen molar-refractivity contribution in [1.29, 1.82) is 0 Å². The third-order valence-electron chi connectivity index (χ3n) is 3.85. The number of carbonyl (C=O) groups is 1. The molecular formula is C18H13ClFN3O3. The van der Waals surface area contributed by atoms with E-state index in [1.54, 1.807) is 35.2 Å². The molecule has 26 heavy (non-hydrogen) atoms. The average molecular weight is 374 g/mol. The number of aromatic nitrogens is 2. The number of hydrogen-bond acceptors (Lipinski definition) is 4. The molecule has 1 aromatic heterocycles. The summed E-state index contributed by atoms with van der Waals surface area (Å²) in [5.74, 6) is -0.0830. The van der Waals surface area contributed by atoms with E-state index in [1.165, 1.54) is 18.5 Å². The van der Waals surface area contributed by atoms with Crippen molar-refractivity contribution in [1.82, 2.24) is 9.55 Å². The maximum Gasteiger partial charge on any atom is 0.255 e. The zero-order valence-corrected chi connectivity index (χ0v) is 14.2. The normalized spacial score (nSPS) is 12.7. The fraction of sp³-hybridized carbons (Fsp3) is 0.111. The number of amides is 1. The van der Waals surface area contributed by atoms with Crippen LogP contribution in [0, 0.1) is 5.82 Å². The molecule has 6 nitrogen and oxygen atoms in total. The van der Waals surface area contributed by atoms with Crippen LogP contribution in [0.2, 0.25) is 5.02 Å². The van der Waals surface area contributed by atoms with Crippen molar-refractivity contribution in [3.8, 4) is 17.2 Å². The number of ether oxygens (including phenoxy) is 2. The van der Waals surface area contributed by atoms with Gasteiger partial charge in [-0.3, -0.25) is 4.79 Å². The van der Waals surface area contributed by atoms with E-state index in [2.05, 4.69) is 10.3 Å². The van der Waals surface area contributed by atoms with Gasteiger partial charge in [0.15, 0.2) is 11.5 Å². The molecule has 0 bridgehead atoms. The van der Waals surface area contributed by atoms with Gasteiger partial charge in [-0.15, -0.1) is 0 Å². The third-order valence-corrected chi connectivity index (χ3v) is 4.13. The zero-order chi connectivity index (χ0) is 18.1. The van der Waals surface area contributed by atoms with E-state index in [1.807, 2.05) is 0 Å². The Balaban J connectivity index is 1.57. The van der Waals surface area contributed by atoms with Gasteiger partial charge in [0, 0.05) is 23.6 Å². The fourth-order valence-corrected chi connectivity index (χ4v) is 2.91. The van der Waals surface area contributed by atoms with Crippen LogP contribution in [0.3, 0.4) is 0 Å². The van der Waals surface area contributed by atoms with Gasteiger partial charge in [-0.2, -0.15) is 0 Å². The standard InChI is InChI=1S/C18H13ClFN3O3/c19-13-7-11(8-16-17(13)26-6-5-25-16)18(24)22-12-1-2-15(14(20)9-12)23-4-3-21-10-23/h1-4,7-10H,5-6H2,(H,22,24). The van der Waals surface area contributed by atoms with Gasteiger partial charge in [-0.1, -0.05) is 11.6 Å². The summed E-state index contributed by atoms with van der Waals surface area (Å²) in [4.78, 5) is 16.4. The SMILES string of the molecule is O=C(Nc1ccc(-n2ccnc2)c(F)c1)c1cc(Cl)c2c(c1)OCCO2. The monoisotopic (exact) mass is 373 g/mol. The van der Waals surface area contributed by atoms with E-state index >= 15 is 0 Å². The summed E-state index contributed by atoms with van der Waals surface area (Å²) in [6.45, 7) is 0.788. The molecule has 0 aliphatic carbocycles. The predicted molar refractivity (Wildman–Crippen MR) is 93.9 cm³/mol. The fourth-order valence-electron chi connectivity index (χ4n) is 2.64. The minimum Gasteiger partial charge on any atom is -0.486 e. The lowest BCUT2D eigenvalue weighted by molar-refractivity contribution is 0.102. The second-order valence-electron chi connectivity index (χ2n) is 5.57. The van der Waals surface area contributed by atoms with E-state index in [-0.39, 0.29) is 5.02 Å². The summed E-state index contributed by atoms with van der Waals surface area (Å²) in [5.41, 5.74) is 0.948. The van der Waals surface area contributed by atoms with Crippen LogP contribution in [0.4, 0.5) is 10.1 Å². The lowest BCUT2D eigenvalue weighted by Crippen LogP contribution is -2.17. The molecular weight excluding hydrogens is 361 g/mol. The smallest absolute Gasteiger partial charge is 0.255 e. The van der Waals surface area contributed by atoms with Crippen LogP contribution in [-0.2, 0) is 0 Å². The highest BCUT2D eigenvalue weighted by atomic mass is 35.5. The topological polar surface area (TPSA) is 65.4 Å². The molecule has 0 unspecified atom stereocenters. The number of rotatable bonds is 3. The first-order valence-corrected chi connectivity index (χ1v) is 8.18. The molecule has 0 atom stereocenters. The van der Waals surface area contributed by atoms with Crippen LogP contribution in [0.5, 0.6) is 11.5 Å². The molecule has 0 saturated heterocycles. The van der Waals surface area contributed by atoms with Crippen molar-refractivity contribution in [2.45, 2.75) is 0 Å². The molecule has 1 aliphatic heterocycles. The van der Waals surface area contributed by atoms with Gasteiger partial charge in [-0.05, 0) is 30.3 Å². The van der Waals surface area contributed by atoms with E-state index in [0.29, 0.717) is 41.7 Å². The highest BCUT2D eigenvalue weighted by Crippen LogP contribution is 2.38. The minimum atomic E-state index is -0.485. The molecule has 0 spiro atoms. The Kier molecular flexibility index (Phi) is 4.22. The van der Waals surface area contributed by atoms with E-state index in [0.717, 1.165) is 0 Å². The van der Waals surface area contributed by atoms with Crippen LogP contribution < -0.4 is 14.8 Å². The molecule has 0 saturated carbocycles. The van der Waals surface area contributed by atoms with Gasteiger partial charge < -0.3 is 19.4 Å². The summed E-state index contributed by atoms with van der Waals surface area (Å²) in [6.07, 6.45) is 4.68. The van der Waals surface area contributed by atoms with Crippen molar-refractivity contribution in [2.24, 2.45) is 0 Å². The Bertz CT molecular complexity index is 976. The predicted octanol–water partition coefficient (Wildman–Crippen LogP) is 3.69. The number of benzene rings is 2. The minimum absolute atomic E-state index is 0.286. The van der Waals surface area contributed by atoms with E-state index in [4.69, 9.17) is 21.1 Å². The summed E-state index contributed by atoms with van der Waals surface area (Å²) in [5, 5.41) is 2.93. The third kappa shape index (κ3) is 3.09. The Morgan fingerprint density at radius 3 is 2.85 bits per heavy atom. The molecule has 3 aromatic rings. The highest BCUT2D eigenvalue weighted by Gasteiger charge is 2.19. The van der Waals surface area contributed by atoms with E-state index in [9.17, 15) is 9.18 Å². The molecule has 1 amide bonds. The van der Waals surface area contributed by atoms with Crippen molar-refractivity contribution in [3.63, 3.8) is 0 Å². The lowest BCUT2D eigenvalue weighted by atomic mass is 10.1. The number of anilines is 1. The summed E-state index contributed by atoms with van der Waals surface area (Å²) >= 11 is 6.14. The van der Waals surface area contributed by atoms with Gasteiger partial charge in [0.25, 0.3) is 5.91 Å². The lowest BCUT2D eigenvalue weighted by Gasteiger charge is -2.20. The first kappa shape index (κ1) is 16.4. The Morgan fingerprint density at radius 2 is 2.08 bits per heavy atom. The quantitative estimate of drug-likeness (QED) is 0.760. The molecule has 0 radical (unpaired) electrons. The van der Waals surface area contributed by atoms with Crippen LogP contribution in [0.1, 0.15) is 10.4 Å². The first-order valence-electron chi connectivity index (χ1n) is 7.80. The zero-order valence-electron chi connectivity index (χ0n) is 13.4. The van der Waals surface area contributed by atoms with Crippen molar-refractivity contribution < 1.29 is 18.7 Å². The second-order valence-corrected chi connectivity index (χ2v) is 5.98. The summed E-state index contributed by atoms with van der Waals surface area (Å²) in [6, 6.07) is 7.44. The van der Waals surface area contributed by atoms with Crippen LogP contribution in [0.15, 0.2) is 49.1 Å². The number of nitrogens with zero attached hydrogens (tertiary/aromatic N) is 2. The van der Waals surface area contributed by atoms with Gasteiger partial charge >= 0.3 is 0 Å². The largest absolute Gasteiger partial charge is 0.486 e. The van der Waals surface area contributed by atoms with Gasteiger partial charge in [-0.25, -0.2) is 9.37 Å². The maximum atomic E-state index is 14.3. The van der Waals surface area contributed by atoms with Gasteiger partial charge in [0.05, 0.1) is 17.0 Å². The van der Waals surface area contributed by atoms with Crippen LogP contribution in [-0.4, -0.2) is 28.7 Å². The molecule has 2 aromatic carbocycles. The summed E-state index contributed by atoms with van der Waals surface area (Å²) in [7, 11) is 0. The van der Waals surface area contributed by atoms with E-state index < -0.39 is 11.7 Å². The number of carbonyl (C=O) groups excluding carboxylic acids is 1. The number of hydrogen-bond donors (Lipinski definition) is 1. The molecule has 0 fully saturated rings. The average Bonchev–Trinajstić information content (AvgIpc) is 3.16. The molecule has 1 N–H and O–H groups in total. The van der Waals surface area contributed by atoms with Gasteiger partial charge in [0.2, 0.25) is 0 Å². The Labute approximate surface area is 153 Å². The molecule has 132 valence electrons.